The van der Waals surface area contributed by atoms with Gasteiger partial charge in [0, 0.05) is 5.02 Å². The molecule has 6 heteroatoms. The van der Waals surface area contributed by atoms with Crippen LogP contribution in [0, 0.1) is 5.82 Å². The minimum atomic E-state index is -0.333. The monoisotopic (exact) mass is 351 g/mol. The number of halogens is 2. The van der Waals surface area contributed by atoms with E-state index in [2.05, 4.69) is 5.32 Å². The number of hydrogen-bond donors (Lipinski definition) is 1. The Balaban J connectivity index is 1.87. The number of nitrogens with one attached hydrogen (secondary N) is 1. The topological polar surface area (TPSA) is 47.6 Å². The van der Waals surface area contributed by atoms with E-state index in [-0.39, 0.29) is 24.8 Å². The second-order valence-corrected chi connectivity index (χ2v) is 5.53. The van der Waals surface area contributed by atoms with Gasteiger partial charge in [0.05, 0.1) is 25.3 Å². The maximum absolute atomic E-state index is 12.8. The van der Waals surface area contributed by atoms with Gasteiger partial charge in [0.15, 0.2) is 0 Å². The zero-order valence-corrected chi connectivity index (χ0v) is 14.1. The van der Waals surface area contributed by atoms with Crippen LogP contribution >= 0.6 is 11.6 Å². The Labute approximate surface area is 145 Å². The number of anilines is 1. The van der Waals surface area contributed by atoms with Crippen molar-refractivity contribution in [3.05, 3.63) is 53.3 Å². The van der Waals surface area contributed by atoms with Crippen LogP contribution in [0.2, 0.25) is 5.02 Å². The molecule has 0 aliphatic heterocycles. The molecule has 4 nitrogen and oxygen atoms in total. The van der Waals surface area contributed by atoms with Crippen LogP contribution in [0.15, 0.2) is 42.5 Å². The van der Waals surface area contributed by atoms with Gasteiger partial charge in [-0.2, -0.15) is 0 Å². The first-order valence-electron chi connectivity index (χ1n) is 7.69. The highest BCUT2D eigenvalue weighted by molar-refractivity contribution is 6.31. The number of carbonyl (C=O) groups excluding carboxylic acids is 1. The van der Waals surface area contributed by atoms with Crippen LogP contribution in [0.5, 0.6) is 11.5 Å². The molecule has 2 aromatic carbocycles. The summed E-state index contributed by atoms with van der Waals surface area (Å²) in [6, 6.07) is 10.7. The van der Waals surface area contributed by atoms with Gasteiger partial charge in [0.2, 0.25) is 5.91 Å². The van der Waals surface area contributed by atoms with Crippen molar-refractivity contribution in [1.82, 2.24) is 0 Å². The Bertz CT molecular complexity index is 676. The zero-order valence-electron chi connectivity index (χ0n) is 13.4. The van der Waals surface area contributed by atoms with Crippen molar-refractivity contribution < 1.29 is 18.7 Å². The summed E-state index contributed by atoms with van der Waals surface area (Å²) in [4.78, 5) is 12.0. The number of benzene rings is 2. The zero-order chi connectivity index (χ0) is 17.4. The van der Waals surface area contributed by atoms with E-state index < -0.39 is 0 Å². The van der Waals surface area contributed by atoms with E-state index in [1.807, 2.05) is 6.92 Å². The number of amides is 1. The largest absolute Gasteiger partial charge is 0.493 e. The molecule has 0 bridgehead atoms. The molecule has 128 valence electrons. The molecule has 0 radical (unpaired) electrons. The second-order valence-electron chi connectivity index (χ2n) is 5.09. The van der Waals surface area contributed by atoms with Crippen molar-refractivity contribution in [1.29, 1.82) is 0 Å². The molecule has 0 fully saturated rings. The van der Waals surface area contributed by atoms with Gasteiger partial charge < -0.3 is 14.8 Å². The maximum atomic E-state index is 12.8. The van der Waals surface area contributed by atoms with Crippen LogP contribution in [0.3, 0.4) is 0 Å². The van der Waals surface area contributed by atoms with Crippen molar-refractivity contribution in [3.8, 4) is 11.5 Å². The molecule has 0 atom stereocenters. The fourth-order valence-electron chi connectivity index (χ4n) is 1.94. The molecule has 1 N–H and O–H groups in total. The maximum Gasteiger partial charge on any atom is 0.227 e. The van der Waals surface area contributed by atoms with Gasteiger partial charge >= 0.3 is 0 Å². The summed E-state index contributed by atoms with van der Waals surface area (Å²) in [7, 11) is 0. The van der Waals surface area contributed by atoms with Crippen molar-refractivity contribution in [2.45, 2.75) is 19.8 Å². The first-order valence-corrected chi connectivity index (χ1v) is 8.07. The van der Waals surface area contributed by atoms with E-state index in [1.54, 1.807) is 18.2 Å². The molecule has 0 saturated carbocycles. The summed E-state index contributed by atoms with van der Waals surface area (Å²) in [5.41, 5.74) is 0.530. The molecule has 1 amide bonds. The average molecular weight is 352 g/mol. The lowest BCUT2D eigenvalue weighted by molar-refractivity contribution is -0.116. The normalized spacial score (nSPS) is 10.3. The smallest absolute Gasteiger partial charge is 0.227 e. The highest BCUT2D eigenvalue weighted by Gasteiger charge is 2.09. The van der Waals surface area contributed by atoms with E-state index in [1.165, 1.54) is 24.3 Å². The first-order chi connectivity index (χ1) is 11.6. The quantitative estimate of drug-likeness (QED) is 0.751. The van der Waals surface area contributed by atoms with E-state index in [0.717, 1.165) is 6.42 Å². The van der Waals surface area contributed by atoms with Crippen LogP contribution in [0.25, 0.3) is 0 Å². The predicted molar refractivity (Wildman–Crippen MR) is 92.4 cm³/mol. The Morgan fingerprint density at radius 1 is 1.12 bits per heavy atom. The van der Waals surface area contributed by atoms with Gasteiger partial charge in [0.25, 0.3) is 0 Å². The molecule has 0 saturated heterocycles. The number of carbonyl (C=O) groups is 1. The summed E-state index contributed by atoms with van der Waals surface area (Å²) in [5, 5.41) is 3.28. The molecule has 2 rings (SSSR count). The molecule has 0 spiro atoms. The van der Waals surface area contributed by atoms with Crippen molar-refractivity contribution in [2.75, 3.05) is 18.5 Å². The van der Waals surface area contributed by atoms with Gasteiger partial charge in [-0.3, -0.25) is 4.79 Å². The molecule has 0 unspecified atom stereocenters. The third kappa shape index (κ3) is 5.74. The molecule has 2 aromatic rings. The summed E-state index contributed by atoms with van der Waals surface area (Å²) >= 11 is 5.97. The van der Waals surface area contributed by atoms with Crippen LogP contribution < -0.4 is 14.8 Å². The molecule has 24 heavy (non-hydrogen) atoms. The fourth-order valence-corrected chi connectivity index (χ4v) is 2.11. The average Bonchev–Trinajstić information content (AvgIpc) is 2.56. The third-order valence-corrected chi connectivity index (χ3v) is 3.32. The lowest BCUT2D eigenvalue weighted by Crippen LogP contribution is -2.16. The van der Waals surface area contributed by atoms with Crippen molar-refractivity contribution in [3.63, 3.8) is 0 Å². The van der Waals surface area contributed by atoms with Crippen LogP contribution in [-0.4, -0.2) is 19.1 Å². The molecule has 0 aromatic heterocycles. The van der Waals surface area contributed by atoms with Crippen LogP contribution in [0.4, 0.5) is 10.1 Å². The minimum Gasteiger partial charge on any atom is -0.493 e. The summed E-state index contributed by atoms with van der Waals surface area (Å²) in [5.74, 6) is 0.536. The molecular weight excluding hydrogens is 333 g/mol. The number of ether oxygens (including phenoxy) is 2. The van der Waals surface area contributed by atoms with Crippen molar-refractivity contribution in [2.24, 2.45) is 0 Å². The van der Waals surface area contributed by atoms with Gasteiger partial charge in [-0.15, -0.1) is 0 Å². The molecular formula is C18H19ClFNO3. The highest BCUT2D eigenvalue weighted by atomic mass is 35.5. The lowest BCUT2D eigenvalue weighted by atomic mass is 10.2. The van der Waals surface area contributed by atoms with E-state index in [4.69, 9.17) is 21.1 Å². The standard InChI is InChI=1S/C18H19ClFNO3/c1-2-10-24-17-8-3-13(19)12-16(17)21-18(22)9-11-23-15-6-4-14(20)5-7-15/h3-8,12H,2,9-11H2,1H3,(H,21,22). The summed E-state index contributed by atoms with van der Waals surface area (Å²) < 4.78 is 23.8. The van der Waals surface area contributed by atoms with Gasteiger partial charge in [-0.25, -0.2) is 4.39 Å². The Kier molecular flexibility index (Phi) is 6.88. The van der Waals surface area contributed by atoms with E-state index in [9.17, 15) is 9.18 Å². The van der Waals surface area contributed by atoms with Crippen LogP contribution in [-0.2, 0) is 4.79 Å². The SMILES string of the molecule is CCCOc1ccc(Cl)cc1NC(=O)CCOc1ccc(F)cc1. The number of hydrogen-bond acceptors (Lipinski definition) is 3. The first kappa shape index (κ1) is 18.1. The van der Waals surface area contributed by atoms with Gasteiger partial charge in [-0.1, -0.05) is 18.5 Å². The second kappa shape index (κ2) is 9.13. The molecule has 0 heterocycles. The lowest BCUT2D eigenvalue weighted by Gasteiger charge is -2.13. The number of rotatable bonds is 8. The minimum absolute atomic E-state index is 0.150. The Morgan fingerprint density at radius 2 is 1.88 bits per heavy atom. The van der Waals surface area contributed by atoms with Crippen molar-refractivity contribution >= 4 is 23.2 Å². The van der Waals surface area contributed by atoms with E-state index in [0.29, 0.717) is 28.8 Å². The Hall–Kier alpha value is -2.27. The highest BCUT2D eigenvalue weighted by Crippen LogP contribution is 2.28. The summed E-state index contributed by atoms with van der Waals surface area (Å²) in [6.07, 6.45) is 1.01. The fraction of sp³-hybridized carbons (Fsp3) is 0.278. The molecule has 0 aliphatic carbocycles. The van der Waals surface area contributed by atoms with Gasteiger partial charge in [-0.05, 0) is 48.9 Å². The van der Waals surface area contributed by atoms with Crippen LogP contribution in [0.1, 0.15) is 19.8 Å². The Morgan fingerprint density at radius 3 is 2.58 bits per heavy atom. The predicted octanol–water partition coefficient (Wildman–Crippen LogP) is 4.68. The summed E-state index contributed by atoms with van der Waals surface area (Å²) in [6.45, 7) is 2.74. The van der Waals surface area contributed by atoms with Gasteiger partial charge in [0.1, 0.15) is 17.3 Å². The van der Waals surface area contributed by atoms with E-state index >= 15 is 0 Å². The molecule has 0 aliphatic rings. The third-order valence-electron chi connectivity index (χ3n) is 3.09.